The Bertz CT molecular complexity index is 921. The summed E-state index contributed by atoms with van der Waals surface area (Å²) in [6, 6.07) is 12.5. The van der Waals surface area contributed by atoms with E-state index < -0.39 is 11.6 Å². The molecule has 0 aromatic heterocycles. The van der Waals surface area contributed by atoms with Crippen molar-refractivity contribution in [3.8, 4) is 5.75 Å². The molecular weight excluding hydrogens is 412 g/mol. The second kappa shape index (κ2) is 10.7. The normalized spacial score (nSPS) is 12.2. The summed E-state index contributed by atoms with van der Waals surface area (Å²) in [6.07, 6.45) is 0.474. The van der Waals surface area contributed by atoms with Gasteiger partial charge in [0, 0.05) is 17.1 Å². The van der Waals surface area contributed by atoms with E-state index in [-0.39, 0.29) is 25.0 Å². The van der Waals surface area contributed by atoms with Crippen LogP contribution in [0.15, 0.2) is 42.5 Å². The maximum absolute atomic E-state index is 13.3. The van der Waals surface area contributed by atoms with Crippen LogP contribution in [-0.4, -0.2) is 34.9 Å². The molecule has 1 unspecified atom stereocenters. The van der Waals surface area contributed by atoms with E-state index in [1.807, 2.05) is 77.9 Å². The van der Waals surface area contributed by atoms with Gasteiger partial charge in [0.15, 0.2) is 6.61 Å². The fourth-order valence-electron chi connectivity index (χ4n) is 3.29. The lowest BCUT2D eigenvalue weighted by atomic mass is 10.1. The third kappa shape index (κ3) is 7.00. The molecule has 0 saturated carbocycles. The highest BCUT2D eigenvalue weighted by Gasteiger charge is 2.31. The van der Waals surface area contributed by atoms with Crippen molar-refractivity contribution in [2.24, 2.45) is 0 Å². The van der Waals surface area contributed by atoms with E-state index in [0.29, 0.717) is 17.2 Å². The van der Waals surface area contributed by atoms with E-state index in [9.17, 15) is 9.59 Å². The Kier molecular flexibility index (Phi) is 8.52. The number of carbonyl (C=O) groups excluding carboxylic acids is 2. The third-order valence-electron chi connectivity index (χ3n) is 5.09. The fraction of sp³-hybridized carbons (Fsp3) is 0.440. The zero-order valence-corrected chi connectivity index (χ0v) is 20.0. The first-order chi connectivity index (χ1) is 14.5. The standard InChI is InChI=1S/C25H33ClN2O3/c1-7-21(24(30)27-25(4,5)6)28(15-19-12-8-9-13-20(19)26)23(29)16-31-22-14-10-11-17(2)18(22)3/h8-14,21H,7,15-16H2,1-6H3,(H,27,30). The number of halogens is 1. The highest BCUT2D eigenvalue weighted by molar-refractivity contribution is 6.31. The Hall–Kier alpha value is -2.53. The molecule has 0 heterocycles. The Morgan fingerprint density at radius 1 is 1.10 bits per heavy atom. The predicted molar refractivity (Wildman–Crippen MR) is 125 cm³/mol. The van der Waals surface area contributed by atoms with Gasteiger partial charge in [-0.05, 0) is 69.9 Å². The molecule has 2 amide bonds. The van der Waals surface area contributed by atoms with Crippen molar-refractivity contribution >= 4 is 23.4 Å². The van der Waals surface area contributed by atoms with Gasteiger partial charge in [0.05, 0.1) is 0 Å². The lowest BCUT2D eigenvalue weighted by Gasteiger charge is -2.33. The maximum atomic E-state index is 13.3. The summed E-state index contributed by atoms with van der Waals surface area (Å²) in [5.74, 6) is 0.206. The number of aryl methyl sites for hydroxylation is 1. The van der Waals surface area contributed by atoms with Crippen molar-refractivity contribution in [1.82, 2.24) is 10.2 Å². The van der Waals surface area contributed by atoms with Crippen LogP contribution in [0.5, 0.6) is 5.75 Å². The minimum atomic E-state index is -0.634. The number of benzene rings is 2. The Morgan fingerprint density at radius 2 is 1.77 bits per heavy atom. The van der Waals surface area contributed by atoms with Crippen LogP contribution in [-0.2, 0) is 16.1 Å². The van der Waals surface area contributed by atoms with Crippen LogP contribution in [0, 0.1) is 13.8 Å². The summed E-state index contributed by atoms with van der Waals surface area (Å²) in [4.78, 5) is 27.8. The van der Waals surface area contributed by atoms with Gasteiger partial charge in [-0.15, -0.1) is 0 Å². The van der Waals surface area contributed by atoms with Crippen LogP contribution in [0.25, 0.3) is 0 Å². The first-order valence-electron chi connectivity index (χ1n) is 10.6. The van der Waals surface area contributed by atoms with Crippen molar-refractivity contribution in [2.75, 3.05) is 6.61 Å². The van der Waals surface area contributed by atoms with Gasteiger partial charge in [-0.3, -0.25) is 9.59 Å². The topological polar surface area (TPSA) is 58.6 Å². The first kappa shape index (κ1) is 24.7. The number of ether oxygens (including phenoxy) is 1. The largest absolute Gasteiger partial charge is 0.483 e. The number of nitrogens with one attached hydrogen (secondary N) is 1. The summed E-state index contributed by atoms with van der Waals surface area (Å²) in [5, 5.41) is 3.55. The van der Waals surface area contributed by atoms with Gasteiger partial charge in [-0.1, -0.05) is 48.9 Å². The van der Waals surface area contributed by atoms with Crippen LogP contribution in [0.3, 0.4) is 0 Å². The summed E-state index contributed by atoms with van der Waals surface area (Å²) in [7, 11) is 0. The monoisotopic (exact) mass is 444 g/mol. The van der Waals surface area contributed by atoms with Gasteiger partial charge in [-0.25, -0.2) is 0 Å². The number of hydrogen-bond donors (Lipinski definition) is 1. The number of nitrogens with zero attached hydrogens (tertiary/aromatic N) is 1. The van der Waals surface area contributed by atoms with Gasteiger partial charge < -0.3 is 15.0 Å². The van der Waals surface area contributed by atoms with E-state index >= 15 is 0 Å². The lowest BCUT2D eigenvalue weighted by Crippen LogP contribution is -2.54. The number of carbonyl (C=O) groups is 2. The summed E-state index contributed by atoms with van der Waals surface area (Å²) in [5.41, 5.74) is 2.46. The predicted octanol–water partition coefficient (Wildman–Crippen LogP) is 5.06. The highest BCUT2D eigenvalue weighted by Crippen LogP contribution is 2.22. The van der Waals surface area contributed by atoms with E-state index in [1.54, 1.807) is 11.0 Å². The molecular formula is C25H33ClN2O3. The molecule has 0 aliphatic heterocycles. The quantitative estimate of drug-likeness (QED) is 0.619. The Balaban J connectivity index is 2.28. The number of rotatable bonds is 8. The van der Waals surface area contributed by atoms with Crippen molar-refractivity contribution in [2.45, 2.75) is 66.1 Å². The van der Waals surface area contributed by atoms with Crippen LogP contribution in [0.1, 0.15) is 50.8 Å². The van der Waals surface area contributed by atoms with E-state index in [2.05, 4.69) is 5.32 Å². The second-order valence-corrected chi connectivity index (χ2v) is 9.17. The molecule has 0 radical (unpaired) electrons. The molecule has 5 nitrogen and oxygen atoms in total. The van der Waals surface area contributed by atoms with Crippen LogP contribution < -0.4 is 10.1 Å². The molecule has 0 spiro atoms. The lowest BCUT2D eigenvalue weighted by molar-refractivity contribution is -0.143. The minimum Gasteiger partial charge on any atom is -0.483 e. The fourth-order valence-corrected chi connectivity index (χ4v) is 3.48. The van der Waals surface area contributed by atoms with Crippen molar-refractivity contribution in [3.05, 3.63) is 64.2 Å². The molecule has 2 aromatic carbocycles. The van der Waals surface area contributed by atoms with Gasteiger partial charge in [0.1, 0.15) is 11.8 Å². The molecule has 6 heteroatoms. The van der Waals surface area contributed by atoms with Crippen LogP contribution in [0.2, 0.25) is 5.02 Å². The zero-order valence-electron chi connectivity index (χ0n) is 19.3. The van der Waals surface area contributed by atoms with Crippen LogP contribution >= 0.6 is 11.6 Å². The molecule has 0 saturated heterocycles. The van der Waals surface area contributed by atoms with E-state index in [4.69, 9.17) is 16.3 Å². The number of amides is 2. The molecule has 0 aliphatic rings. The molecule has 0 bridgehead atoms. The van der Waals surface area contributed by atoms with E-state index in [0.717, 1.165) is 16.7 Å². The molecule has 0 fully saturated rings. The van der Waals surface area contributed by atoms with Crippen molar-refractivity contribution in [1.29, 1.82) is 0 Å². The van der Waals surface area contributed by atoms with Gasteiger partial charge >= 0.3 is 0 Å². The molecule has 168 valence electrons. The zero-order chi connectivity index (χ0) is 23.2. The van der Waals surface area contributed by atoms with Gasteiger partial charge in [0.2, 0.25) is 5.91 Å². The molecule has 1 atom stereocenters. The van der Waals surface area contributed by atoms with Gasteiger partial charge in [0.25, 0.3) is 5.91 Å². The second-order valence-electron chi connectivity index (χ2n) is 8.76. The SMILES string of the molecule is CCC(C(=O)NC(C)(C)C)N(Cc1ccccc1Cl)C(=O)COc1cccc(C)c1C. The molecule has 31 heavy (non-hydrogen) atoms. The Morgan fingerprint density at radius 3 is 2.39 bits per heavy atom. The number of hydrogen-bond acceptors (Lipinski definition) is 3. The van der Waals surface area contributed by atoms with Crippen molar-refractivity contribution in [3.63, 3.8) is 0 Å². The maximum Gasteiger partial charge on any atom is 0.261 e. The Labute approximate surface area is 190 Å². The van der Waals surface area contributed by atoms with Crippen molar-refractivity contribution < 1.29 is 14.3 Å². The third-order valence-corrected chi connectivity index (χ3v) is 5.46. The molecule has 2 aromatic rings. The molecule has 0 aliphatic carbocycles. The summed E-state index contributed by atoms with van der Waals surface area (Å²) >= 11 is 6.35. The highest BCUT2D eigenvalue weighted by atomic mass is 35.5. The summed E-state index contributed by atoms with van der Waals surface area (Å²) < 4.78 is 5.85. The van der Waals surface area contributed by atoms with E-state index in [1.165, 1.54) is 0 Å². The molecule has 2 rings (SSSR count). The summed E-state index contributed by atoms with van der Waals surface area (Å²) in [6.45, 7) is 11.7. The molecule has 1 N–H and O–H groups in total. The first-order valence-corrected chi connectivity index (χ1v) is 10.9. The smallest absolute Gasteiger partial charge is 0.261 e. The average Bonchev–Trinajstić information content (AvgIpc) is 2.68. The minimum absolute atomic E-state index is 0.159. The van der Waals surface area contributed by atoms with Crippen LogP contribution in [0.4, 0.5) is 0 Å². The van der Waals surface area contributed by atoms with Gasteiger partial charge in [-0.2, -0.15) is 0 Å². The average molecular weight is 445 g/mol.